The van der Waals surface area contributed by atoms with Crippen LogP contribution in [-0.2, 0) is 10.0 Å². The van der Waals surface area contributed by atoms with Crippen molar-refractivity contribution in [2.45, 2.75) is 38.7 Å². The third kappa shape index (κ3) is 2.02. The molecule has 0 aromatic carbocycles. The van der Waals surface area contributed by atoms with Gasteiger partial charge in [-0.15, -0.1) is 0 Å². The number of nitrogens with zero attached hydrogens (tertiary/aromatic N) is 1. The highest BCUT2D eigenvalue weighted by molar-refractivity contribution is 7.89. The fraction of sp³-hybridized carbons (Fsp3) is 0.667. The van der Waals surface area contributed by atoms with Gasteiger partial charge < -0.3 is 4.42 Å². The van der Waals surface area contributed by atoms with Gasteiger partial charge in [0, 0.05) is 13.1 Å². The van der Waals surface area contributed by atoms with Crippen LogP contribution in [0.25, 0.3) is 0 Å². The average molecular weight is 257 g/mol. The standard InChI is InChI=1S/C12H19NO3S/c1-4-12(5-2)8-13(9-12)17(14,15)11-7-6-10(3)16-11/h6-7H,4-5,8-9H2,1-3H3. The molecular weight excluding hydrogens is 238 g/mol. The van der Waals surface area contributed by atoms with E-state index in [1.165, 1.54) is 10.4 Å². The third-order valence-corrected chi connectivity index (χ3v) is 5.50. The highest BCUT2D eigenvalue weighted by Gasteiger charge is 2.46. The smallest absolute Gasteiger partial charge is 0.276 e. The molecule has 2 heterocycles. The van der Waals surface area contributed by atoms with Crippen LogP contribution in [0.2, 0.25) is 0 Å². The second-order valence-electron chi connectivity index (χ2n) is 4.85. The van der Waals surface area contributed by atoms with E-state index in [2.05, 4.69) is 13.8 Å². The quantitative estimate of drug-likeness (QED) is 0.832. The normalized spacial score (nSPS) is 20.2. The van der Waals surface area contributed by atoms with Crippen molar-refractivity contribution >= 4 is 10.0 Å². The molecule has 0 unspecified atom stereocenters. The molecule has 1 aliphatic rings. The van der Waals surface area contributed by atoms with Crippen LogP contribution in [-0.4, -0.2) is 25.8 Å². The van der Waals surface area contributed by atoms with E-state index in [9.17, 15) is 8.42 Å². The number of sulfonamides is 1. The minimum absolute atomic E-state index is 0.0656. The van der Waals surface area contributed by atoms with Crippen LogP contribution in [0.4, 0.5) is 0 Å². The highest BCUT2D eigenvalue weighted by Crippen LogP contribution is 2.40. The van der Waals surface area contributed by atoms with Gasteiger partial charge >= 0.3 is 0 Å². The molecular formula is C12H19NO3S. The van der Waals surface area contributed by atoms with Gasteiger partial charge in [0.1, 0.15) is 5.76 Å². The predicted octanol–water partition coefficient (Wildman–Crippen LogP) is 2.40. The fourth-order valence-electron chi connectivity index (χ4n) is 2.25. The molecule has 4 nitrogen and oxygen atoms in total. The summed E-state index contributed by atoms with van der Waals surface area (Å²) >= 11 is 0. The van der Waals surface area contributed by atoms with E-state index < -0.39 is 10.0 Å². The summed E-state index contributed by atoms with van der Waals surface area (Å²) in [5.74, 6) is 0.626. The molecule has 0 bridgehead atoms. The number of hydrogen-bond donors (Lipinski definition) is 0. The summed E-state index contributed by atoms with van der Waals surface area (Å²) in [6, 6.07) is 3.21. The molecule has 0 radical (unpaired) electrons. The number of furan rings is 1. The summed E-state index contributed by atoms with van der Waals surface area (Å²) in [5.41, 5.74) is 0.175. The van der Waals surface area contributed by atoms with Crippen molar-refractivity contribution < 1.29 is 12.8 Å². The van der Waals surface area contributed by atoms with Crippen molar-refractivity contribution in [3.8, 4) is 0 Å². The summed E-state index contributed by atoms with van der Waals surface area (Å²) in [6.07, 6.45) is 2.04. The lowest BCUT2D eigenvalue weighted by molar-refractivity contribution is 0.0601. The van der Waals surface area contributed by atoms with Crippen molar-refractivity contribution in [2.75, 3.05) is 13.1 Å². The maximum absolute atomic E-state index is 12.2. The van der Waals surface area contributed by atoms with Crippen molar-refractivity contribution in [3.05, 3.63) is 17.9 Å². The van der Waals surface area contributed by atoms with E-state index in [0.29, 0.717) is 18.8 Å². The molecule has 0 aliphatic carbocycles. The Morgan fingerprint density at radius 1 is 1.29 bits per heavy atom. The monoisotopic (exact) mass is 257 g/mol. The molecule has 0 saturated carbocycles. The van der Waals surface area contributed by atoms with Crippen molar-refractivity contribution in [1.82, 2.24) is 4.31 Å². The topological polar surface area (TPSA) is 50.5 Å². The Bertz CT molecular complexity index is 492. The summed E-state index contributed by atoms with van der Waals surface area (Å²) in [4.78, 5) is 0. The molecule has 5 heteroatoms. The Labute approximate surface area is 103 Å². The van der Waals surface area contributed by atoms with E-state index in [1.807, 2.05) is 0 Å². The third-order valence-electron chi connectivity index (χ3n) is 3.83. The summed E-state index contributed by atoms with van der Waals surface area (Å²) < 4.78 is 31.1. The lowest BCUT2D eigenvalue weighted by Crippen LogP contribution is -2.57. The zero-order valence-electron chi connectivity index (χ0n) is 10.6. The van der Waals surface area contributed by atoms with Gasteiger partial charge in [0.05, 0.1) is 0 Å². The Morgan fingerprint density at radius 3 is 2.29 bits per heavy atom. The molecule has 1 saturated heterocycles. The first-order chi connectivity index (χ1) is 7.93. The summed E-state index contributed by atoms with van der Waals surface area (Å²) in [7, 11) is -3.41. The first-order valence-electron chi connectivity index (χ1n) is 6.00. The molecule has 0 spiro atoms. The molecule has 96 valence electrons. The minimum Gasteiger partial charge on any atom is -0.449 e. The van der Waals surface area contributed by atoms with E-state index in [-0.39, 0.29) is 10.5 Å². The van der Waals surface area contributed by atoms with Gasteiger partial charge in [0.25, 0.3) is 10.0 Å². The number of hydrogen-bond acceptors (Lipinski definition) is 3. The molecule has 2 rings (SSSR count). The van der Waals surface area contributed by atoms with Gasteiger partial charge in [0.2, 0.25) is 5.09 Å². The van der Waals surface area contributed by atoms with E-state index >= 15 is 0 Å². The maximum atomic E-state index is 12.2. The molecule has 0 atom stereocenters. The second-order valence-corrected chi connectivity index (χ2v) is 6.71. The van der Waals surface area contributed by atoms with Crippen LogP contribution in [0.15, 0.2) is 21.6 Å². The molecule has 1 aliphatic heterocycles. The van der Waals surface area contributed by atoms with Crippen LogP contribution < -0.4 is 0 Å². The summed E-state index contributed by atoms with van der Waals surface area (Å²) in [6.45, 7) is 7.21. The molecule has 0 amide bonds. The second kappa shape index (κ2) is 4.14. The van der Waals surface area contributed by atoms with E-state index in [4.69, 9.17) is 4.42 Å². The lowest BCUT2D eigenvalue weighted by atomic mass is 9.77. The van der Waals surface area contributed by atoms with Gasteiger partial charge in [-0.3, -0.25) is 0 Å². The van der Waals surface area contributed by atoms with Gasteiger partial charge in [-0.2, -0.15) is 4.31 Å². The minimum atomic E-state index is -3.41. The van der Waals surface area contributed by atoms with Crippen LogP contribution in [0.1, 0.15) is 32.4 Å². The molecule has 17 heavy (non-hydrogen) atoms. The molecule has 1 fully saturated rings. The number of aryl methyl sites for hydroxylation is 1. The maximum Gasteiger partial charge on any atom is 0.276 e. The Morgan fingerprint density at radius 2 is 1.88 bits per heavy atom. The average Bonchev–Trinajstić information content (AvgIpc) is 2.65. The Hall–Kier alpha value is -0.810. The van der Waals surface area contributed by atoms with E-state index in [1.54, 1.807) is 13.0 Å². The first-order valence-corrected chi connectivity index (χ1v) is 7.44. The lowest BCUT2D eigenvalue weighted by Gasteiger charge is -2.48. The van der Waals surface area contributed by atoms with Gasteiger partial charge in [-0.25, -0.2) is 8.42 Å². The Kier molecular flexibility index (Phi) is 3.08. The molecule has 1 aromatic rings. The van der Waals surface area contributed by atoms with Crippen LogP contribution in [0.3, 0.4) is 0 Å². The molecule has 0 N–H and O–H groups in total. The van der Waals surface area contributed by atoms with Crippen molar-refractivity contribution in [3.63, 3.8) is 0 Å². The first kappa shape index (κ1) is 12.6. The zero-order chi connectivity index (χ0) is 12.7. The van der Waals surface area contributed by atoms with Crippen LogP contribution >= 0.6 is 0 Å². The van der Waals surface area contributed by atoms with Crippen LogP contribution in [0, 0.1) is 12.3 Å². The summed E-state index contributed by atoms with van der Waals surface area (Å²) in [5, 5.41) is 0.0656. The van der Waals surface area contributed by atoms with Crippen molar-refractivity contribution in [1.29, 1.82) is 0 Å². The van der Waals surface area contributed by atoms with Gasteiger partial charge in [-0.05, 0) is 37.3 Å². The Balaban J connectivity index is 2.16. The predicted molar refractivity (Wildman–Crippen MR) is 65.2 cm³/mol. The van der Waals surface area contributed by atoms with Crippen LogP contribution in [0.5, 0.6) is 0 Å². The molecule has 1 aromatic heterocycles. The largest absolute Gasteiger partial charge is 0.449 e. The fourth-order valence-corrected chi connectivity index (χ4v) is 3.87. The zero-order valence-corrected chi connectivity index (χ0v) is 11.4. The van der Waals surface area contributed by atoms with Gasteiger partial charge in [0.15, 0.2) is 0 Å². The van der Waals surface area contributed by atoms with E-state index in [0.717, 1.165) is 12.8 Å². The number of rotatable bonds is 4. The highest BCUT2D eigenvalue weighted by atomic mass is 32.2. The van der Waals surface area contributed by atoms with Gasteiger partial charge in [-0.1, -0.05) is 13.8 Å². The SMILES string of the molecule is CCC1(CC)CN(S(=O)(=O)c2ccc(C)o2)C1. The van der Waals surface area contributed by atoms with Crippen molar-refractivity contribution in [2.24, 2.45) is 5.41 Å².